The maximum absolute atomic E-state index is 10.7. The molecule has 2 atom stereocenters. The fraction of sp³-hybridized carbons (Fsp3) is 1.00. The normalized spacial score (nSPS) is 25.2. The zero-order valence-electron chi connectivity index (χ0n) is 10.6. The van der Waals surface area contributed by atoms with Crippen LogP contribution >= 0.6 is 0 Å². The lowest BCUT2D eigenvalue weighted by atomic mass is 10.1. The zero-order chi connectivity index (χ0) is 13.8. The van der Waals surface area contributed by atoms with Gasteiger partial charge < -0.3 is 10.2 Å². The molecular formula is C10H22N2O5S. The molecule has 1 aliphatic heterocycles. The lowest BCUT2D eigenvalue weighted by molar-refractivity contribution is 0.000269. The van der Waals surface area contributed by atoms with Crippen molar-refractivity contribution in [1.82, 2.24) is 9.80 Å². The Labute approximate surface area is 108 Å². The van der Waals surface area contributed by atoms with Crippen molar-refractivity contribution in [1.29, 1.82) is 0 Å². The monoisotopic (exact) mass is 282 g/mol. The van der Waals surface area contributed by atoms with E-state index < -0.39 is 16.2 Å². The van der Waals surface area contributed by atoms with Gasteiger partial charge in [0.1, 0.15) is 0 Å². The molecule has 108 valence electrons. The molecule has 0 aliphatic carbocycles. The second kappa shape index (κ2) is 6.78. The molecule has 0 aromatic carbocycles. The van der Waals surface area contributed by atoms with Crippen molar-refractivity contribution in [3.63, 3.8) is 0 Å². The topological polar surface area (TPSA) is 101 Å². The van der Waals surface area contributed by atoms with E-state index in [0.717, 1.165) is 6.54 Å². The van der Waals surface area contributed by atoms with E-state index in [-0.39, 0.29) is 24.9 Å². The van der Waals surface area contributed by atoms with Gasteiger partial charge in [-0.15, -0.1) is 0 Å². The summed E-state index contributed by atoms with van der Waals surface area (Å²) in [5, 5.41) is 18.6. The fourth-order valence-corrected chi connectivity index (χ4v) is 2.68. The van der Waals surface area contributed by atoms with Crippen LogP contribution in [0, 0.1) is 0 Å². The van der Waals surface area contributed by atoms with Gasteiger partial charge >= 0.3 is 0 Å². The zero-order valence-corrected chi connectivity index (χ0v) is 11.4. The van der Waals surface area contributed by atoms with Gasteiger partial charge in [-0.05, 0) is 6.92 Å². The molecule has 0 saturated carbocycles. The molecular weight excluding hydrogens is 260 g/mol. The molecule has 1 rings (SSSR count). The molecule has 0 aromatic rings. The summed E-state index contributed by atoms with van der Waals surface area (Å²) in [4.78, 5) is 3.90. The first kappa shape index (κ1) is 15.8. The van der Waals surface area contributed by atoms with E-state index in [4.69, 9.17) is 9.66 Å². The molecule has 3 N–H and O–H groups in total. The van der Waals surface area contributed by atoms with E-state index in [0.29, 0.717) is 19.6 Å². The molecule has 1 saturated heterocycles. The third-order valence-electron chi connectivity index (χ3n) is 3.23. The molecule has 0 bridgehead atoms. The summed E-state index contributed by atoms with van der Waals surface area (Å²) in [6.45, 7) is 4.41. The minimum atomic E-state index is -3.97. The lowest BCUT2D eigenvalue weighted by Gasteiger charge is -2.42. The van der Waals surface area contributed by atoms with Crippen molar-refractivity contribution in [2.45, 2.75) is 19.1 Å². The molecule has 0 amide bonds. The first-order chi connectivity index (χ1) is 8.33. The van der Waals surface area contributed by atoms with Crippen LogP contribution in [0.5, 0.6) is 0 Å². The summed E-state index contributed by atoms with van der Waals surface area (Å²) >= 11 is 0. The Hall–Kier alpha value is -0.250. The van der Waals surface area contributed by atoms with Crippen molar-refractivity contribution in [3.05, 3.63) is 0 Å². The van der Waals surface area contributed by atoms with Crippen LogP contribution in [-0.4, -0.2) is 90.2 Å². The lowest BCUT2D eigenvalue weighted by Crippen LogP contribution is -2.58. The summed E-state index contributed by atoms with van der Waals surface area (Å²) in [5.74, 6) is -0.323. The minimum Gasteiger partial charge on any atom is -0.395 e. The molecule has 7 nitrogen and oxygen atoms in total. The van der Waals surface area contributed by atoms with Crippen LogP contribution in [0.2, 0.25) is 0 Å². The summed E-state index contributed by atoms with van der Waals surface area (Å²) in [7, 11) is -3.97. The van der Waals surface area contributed by atoms with E-state index in [1.54, 1.807) is 6.92 Å². The summed E-state index contributed by atoms with van der Waals surface area (Å²) in [6, 6.07) is -0.174. The van der Waals surface area contributed by atoms with E-state index in [9.17, 15) is 13.5 Å². The molecule has 1 aliphatic rings. The number of hydrogen-bond donors (Lipinski definition) is 3. The molecule has 2 unspecified atom stereocenters. The molecule has 8 heteroatoms. The first-order valence-corrected chi connectivity index (χ1v) is 7.65. The van der Waals surface area contributed by atoms with Gasteiger partial charge in [0.15, 0.2) is 0 Å². The molecule has 0 spiro atoms. The Morgan fingerprint density at radius 3 is 2.50 bits per heavy atom. The SMILES string of the molecule is CC(O)C1CN(CCO)CCN1CCS(=O)(=O)O. The van der Waals surface area contributed by atoms with Gasteiger partial charge in [0.05, 0.1) is 18.5 Å². The van der Waals surface area contributed by atoms with Crippen molar-refractivity contribution in [2.75, 3.05) is 45.1 Å². The predicted octanol–water partition coefficient (Wildman–Crippen LogP) is -1.77. The number of nitrogens with zero attached hydrogens (tertiary/aromatic N) is 2. The van der Waals surface area contributed by atoms with Crippen LogP contribution in [0.15, 0.2) is 0 Å². The number of rotatable bonds is 6. The Morgan fingerprint density at radius 2 is 2.00 bits per heavy atom. The molecule has 1 heterocycles. The van der Waals surface area contributed by atoms with Gasteiger partial charge in [0.2, 0.25) is 0 Å². The van der Waals surface area contributed by atoms with Crippen LogP contribution in [0.3, 0.4) is 0 Å². The van der Waals surface area contributed by atoms with Gasteiger partial charge in [-0.25, -0.2) is 0 Å². The van der Waals surface area contributed by atoms with Crippen LogP contribution in [-0.2, 0) is 10.1 Å². The fourth-order valence-electron chi connectivity index (χ4n) is 2.22. The average Bonchev–Trinajstić information content (AvgIpc) is 2.26. The Morgan fingerprint density at radius 1 is 1.33 bits per heavy atom. The second-order valence-electron chi connectivity index (χ2n) is 4.65. The second-order valence-corrected chi connectivity index (χ2v) is 6.23. The number of aliphatic hydroxyl groups is 2. The van der Waals surface area contributed by atoms with Crippen molar-refractivity contribution in [2.24, 2.45) is 0 Å². The van der Waals surface area contributed by atoms with E-state index in [1.165, 1.54) is 0 Å². The standard InChI is InChI=1S/C10H22N2O5S/c1-9(14)10-8-11(4-6-13)2-3-12(10)5-7-18(15,16)17/h9-10,13-14H,2-8H2,1H3,(H,15,16,17). The van der Waals surface area contributed by atoms with E-state index >= 15 is 0 Å². The van der Waals surface area contributed by atoms with Crippen molar-refractivity contribution >= 4 is 10.1 Å². The van der Waals surface area contributed by atoms with Crippen LogP contribution in [0.4, 0.5) is 0 Å². The maximum Gasteiger partial charge on any atom is 0.266 e. The summed E-state index contributed by atoms with van der Waals surface area (Å²) < 4.78 is 30.2. The van der Waals surface area contributed by atoms with Gasteiger partial charge in [-0.1, -0.05) is 0 Å². The van der Waals surface area contributed by atoms with Gasteiger partial charge in [-0.2, -0.15) is 8.42 Å². The van der Waals surface area contributed by atoms with E-state index in [1.807, 2.05) is 9.80 Å². The summed E-state index contributed by atoms with van der Waals surface area (Å²) in [6.07, 6.45) is -0.590. The number of piperazine rings is 1. The third-order valence-corrected chi connectivity index (χ3v) is 3.93. The third kappa shape index (κ3) is 5.17. The minimum absolute atomic E-state index is 0.0670. The quantitative estimate of drug-likeness (QED) is 0.496. The van der Waals surface area contributed by atoms with Crippen molar-refractivity contribution in [3.8, 4) is 0 Å². The van der Waals surface area contributed by atoms with Crippen molar-refractivity contribution < 1.29 is 23.2 Å². The van der Waals surface area contributed by atoms with Crippen LogP contribution in [0.25, 0.3) is 0 Å². The number of hydrogen-bond acceptors (Lipinski definition) is 6. The Kier molecular flexibility index (Phi) is 5.96. The van der Waals surface area contributed by atoms with Gasteiger partial charge in [0.25, 0.3) is 10.1 Å². The average molecular weight is 282 g/mol. The highest BCUT2D eigenvalue weighted by molar-refractivity contribution is 7.85. The Balaban J connectivity index is 2.56. The largest absolute Gasteiger partial charge is 0.395 e. The molecule has 0 aromatic heterocycles. The summed E-state index contributed by atoms with van der Waals surface area (Å²) in [5.41, 5.74) is 0. The highest BCUT2D eigenvalue weighted by atomic mass is 32.2. The highest BCUT2D eigenvalue weighted by Gasteiger charge is 2.30. The van der Waals surface area contributed by atoms with E-state index in [2.05, 4.69) is 0 Å². The smallest absolute Gasteiger partial charge is 0.266 e. The molecule has 1 fully saturated rings. The predicted molar refractivity (Wildman–Crippen MR) is 67.0 cm³/mol. The molecule has 0 radical (unpaired) electrons. The van der Waals surface area contributed by atoms with Gasteiger partial charge in [0, 0.05) is 38.8 Å². The number of β-amino-alcohol motifs (C(OH)–C–C–N with tert-alkyl or cyclic N) is 1. The maximum atomic E-state index is 10.7. The van der Waals surface area contributed by atoms with Gasteiger partial charge in [-0.3, -0.25) is 14.4 Å². The first-order valence-electron chi connectivity index (χ1n) is 6.04. The van der Waals surface area contributed by atoms with Crippen LogP contribution in [0.1, 0.15) is 6.92 Å². The number of aliphatic hydroxyl groups excluding tert-OH is 2. The highest BCUT2D eigenvalue weighted by Crippen LogP contribution is 2.13. The van der Waals surface area contributed by atoms with Crippen LogP contribution < -0.4 is 0 Å². The Bertz CT molecular complexity index is 346. The molecule has 18 heavy (non-hydrogen) atoms.